The third-order valence-corrected chi connectivity index (χ3v) is 3.25. The Hall–Kier alpha value is -1.90. The second-order valence-corrected chi connectivity index (χ2v) is 4.88. The van der Waals surface area contributed by atoms with Gasteiger partial charge in [0.1, 0.15) is 5.75 Å². The fraction of sp³-hybridized carbons (Fsp3) is 0.462. The molecule has 6 heteroatoms. The Morgan fingerprint density at radius 2 is 2.05 bits per heavy atom. The zero-order valence-corrected chi connectivity index (χ0v) is 10.1. The molecule has 2 rings (SSSR count). The summed E-state index contributed by atoms with van der Waals surface area (Å²) in [6.45, 7) is 0.132. The first-order valence-electron chi connectivity index (χ1n) is 5.83. The van der Waals surface area contributed by atoms with E-state index < -0.39 is 11.7 Å². The molecular weight excluding hydrogens is 257 g/mol. The lowest BCUT2D eigenvalue weighted by atomic mass is 10.1. The number of hydrogen-bond acceptors (Lipinski definition) is 3. The van der Waals surface area contributed by atoms with Crippen molar-refractivity contribution in [3.8, 4) is 11.8 Å². The maximum atomic E-state index is 12.8. The zero-order valence-electron chi connectivity index (χ0n) is 10.1. The van der Waals surface area contributed by atoms with Gasteiger partial charge in [0.05, 0.1) is 18.2 Å². The summed E-state index contributed by atoms with van der Waals surface area (Å²) in [5.74, 6) is -0.231. The number of nitrogen functional groups attached to an aromatic ring is 1. The van der Waals surface area contributed by atoms with Crippen LogP contribution in [0.25, 0.3) is 0 Å². The number of nitrogens with zero attached hydrogens (tertiary/aromatic N) is 1. The number of alkyl halides is 3. The predicted octanol–water partition coefficient (Wildman–Crippen LogP) is 3.36. The van der Waals surface area contributed by atoms with Crippen molar-refractivity contribution in [3.05, 3.63) is 23.8 Å². The summed E-state index contributed by atoms with van der Waals surface area (Å²) in [7, 11) is 0. The number of halogens is 3. The van der Waals surface area contributed by atoms with Crippen LogP contribution in [0.1, 0.15) is 24.8 Å². The van der Waals surface area contributed by atoms with Gasteiger partial charge in [-0.25, -0.2) is 0 Å². The minimum Gasteiger partial charge on any atom is -0.492 e. The third kappa shape index (κ3) is 3.11. The average Bonchev–Trinajstić information content (AvgIpc) is 3.07. The Labute approximate surface area is 108 Å². The summed E-state index contributed by atoms with van der Waals surface area (Å²) in [5.41, 5.74) is 4.27. The normalized spacial score (nSPS) is 16.7. The third-order valence-electron chi connectivity index (χ3n) is 3.25. The van der Waals surface area contributed by atoms with Gasteiger partial charge in [-0.05, 0) is 31.0 Å². The van der Waals surface area contributed by atoms with Crippen molar-refractivity contribution >= 4 is 5.69 Å². The van der Waals surface area contributed by atoms with Crippen molar-refractivity contribution in [2.45, 2.75) is 25.4 Å². The van der Waals surface area contributed by atoms with Crippen molar-refractivity contribution in [2.24, 2.45) is 5.41 Å². The van der Waals surface area contributed by atoms with E-state index in [1.165, 1.54) is 12.1 Å². The van der Waals surface area contributed by atoms with Crippen LogP contribution in [0.3, 0.4) is 0 Å². The summed E-state index contributed by atoms with van der Waals surface area (Å²) < 4.78 is 43.7. The Morgan fingerprint density at radius 1 is 1.37 bits per heavy atom. The highest BCUT2D eigenvalue weighted by Gasteiger charge is 2.44. The summed E-state index contributed by atoms with van der Waals surface area (Å²) in [4.78, 5) is 0. The van der Waals surface area contributed by atoms with Gasteiger partial charge in [-0.1, -0.05) is 0 Å². The first-order chi connectivity index (χ1) is 8.86. The van der Waals surface area contributed by atoms with Crippen molar-refractivity contribution in [1.82, 2.24) is 0 Å². The van der Waals surface area contributed by atoms with Gasteiger partial charge in [-0.15, -0.1) is 0 Å². The largest absolute Gasteiger partial charge is 0.492 e. The molecule has 0 aliphatic heterocycles. The second kappa shape index (κ2) is 4.65. The van der Waals surface area contributed by atoms with E-state index in [4.69, 9.17) is 15.7 Å². The Morgan fingerprint density at radius 3 is 2.58 bits per heavy atom. The van der Waals surface area contributed by atoms with Crippen LogP contribution in [-0.4, -0.2) is 6.61 Å². The van der Waals surface area contributed by atoms with Crippen LogP contribution >= 0.6 is 0 Å². The lowest BCUT2D eigenvalue weighted by Crippen LogP contribution is -2.15. The Balaban J connectivity index is 2.15. The molecule has 19 heavy (non-hydrogen) atoms. The van der Waals surface area contributed by atoms with Crippen molar-refractivity contribution in [2.75, 3.05) is 12.3 Å². The number of nitrogens with two attached hydrogens (primary N) is 1. The SMILES string of the molecule is N#CCC1(COc2ccc(N)cc2C(F)(F)F)CC1. The first kappa shape index (κ1) is 13.5. The number of benzene rings is 1. The number of ether oxygens (including phenoxy) is 1. The van der Waals surface area contributed by atoms with E-state index >= 15 is 0 Å². The van der Waals surface area contributed by atoms with E-state index in [1.54, 1.807) is 0 Å². The second-order valence-electron chi connectivity index (χ2n) is 4.88. The molecule has 1 fully saturated rings. The summed E-state index contributed by atoms with van der Waals surface area (Å²) in [6.07, 6.45) is -2.56. The quantitative estimate of drug-likeness (QED) is 0.853. The standard InChI is InChI=1S/C13H13F3N2O/c14-13(15,16)10-7-9(18)1-2-11(10)19-8-12(3-4-12)5-6-17/h1-2,7H,3-5,8,18H2. The van der Waals surface area contributed by atoms with E-state index in [0.29, 0.717) is 6.42 Å². The topological polar surface area (TPSA) is 59.0 Å². The van der Waals surface area contributed by atoms with Gasteiger partial charge < -0.3 is 10.5 Å². The summed E-state index contributed by atoms with van der Waals surface area (Å²) >= 11 is 0. The molecule has 0 amide bonds. The molecule has 0 heterocycles. The number of nitriles is 1. The molecule has 0 radical (unpaired) electrons. The van der Waals surface area contributed by atoms with Crippen LogP contribution in [0.2, 0.25) is 0 Å². The fourth-order valence-electron chi connectivity index (χ4n) is 1.84. The van der Waals surface area contributed by atoms with Crippen LogP contribution in [0.4, 0.5) is 18.9 Å². The fourth-order valence-corrected chi connectivity index (χ4v) is 1.84. The van der Waals surface area contributed by atoms with Gasteiger partial charge in [-0.2, -0.15) is 18.4 Å². The Kier molecular flexibility index (Phi) is 3.31. The Bertz CT molecular complexity index is 516. The highest BCUT2D eigenvalue weighted by Crippen LogP contribution is 2.49. The van der Waals surface area contributed by atoms with Crippen molar-refractivity contribution in [1.29, 1.82) is 5.26 Å². The van der Waals surface area contributed by atoms with E-state index in [-0.39, 0.29) is 23.5 Å². The minimum atomic E-state index is -4.50. The molecule has 0 saturated heterocycles. The highest BCUT2D eigenvalue weighted by atomic mass is 19.4. The molecule has 102 valence electrons. The number of anilines is 1. The molecule has 1 saturated carbocycles. The van der Waals surface area contributed by atoms with Gasteiger partial charge in [0.15, 0.2) is 0 Å². The number of hydrogen-bond donors (Lipinski definition) is 1. The van der Waals surface area contributed by atoms with Gasteiger partial charge in [0.25, 0.3) is 0 Å². The zero-order chi connectivity index (χ0) is 14.1. The molecule has 1 aliphatic rings. The predicted molar refractivity (Wildman–Crippen MR) is 63.2 cm³/mol. The van der Waals surface area contributed by atoms with Crippen LogP contribution in [0, 0.1) is 16.7 Å². The van der Waals surface area contributed by atoms with Crippen LogP contribution in [0.15, 0.2) is 18.2 Å². The first-order valence-corrected chi connectivity index (χ1v) is 5.83. The molecular formula is C13H13F3N2O. The van der Waals surface area contributed by atoms with Crippen LogP contribution < -0.4 is 10.5 Å². The lowest BCUT2D eigenvalue weighted by Gasteiger charge is -2.17. The van der Waals surface area contributed by atoms with Gasteiger partial charge in [-0.3, -0.25) is 0 Å². The molecule has 0 aromatic heterocycles. The smallest absolute Gasteiger partial charge is 0.420 e. The average molecular weight is 270 g/mol. The van der Waals surface area contributed by atoms with Crippen molar-refractivity contribution in [3.63, 3.8) is 0 Å². The van der Waals surface area contributed by atoms with Gasteiger partial charge in [0, 0.05) is 17.5 Å². The molecule has 0 unspecified atom stereocenters. The summed E-state index contributed by atoms with van der Waals surface area (Å²) in [5, 5.41) is 8.66. The van der Waals surface area contributed by atoms with E-state index in [1.807, 2.05) is 6.07 Å². The van der Waals surface area contributed by atoms with E-state index in [2.05, 4.69) is 0 Å². The molecule has 2 N–H and O–H groups in total. The van der Waals surface area contributed by atoms with E-state index in [9.17, 15) is 13.2 Å². The molecule has 0 atom stereocenters. The van der Waals surface area contributed by atoms with Crippen molar-refractivity contribution < 1.29 is 17.9 Å². The summed E-state index contributed by atoms with van der Waals surface area (Å²) in [6, 6.07) is 5.49. The maximum Gasteiger partial charge on any atom is 0.420 e. The van der Waals surface area contributed by atoms with Gasteiger partial charge >= 0.3 is 6.18 Å². The monoisotopic (exact) mass is 270 g/mol. The molecule has 1 aromatic rings. The van der Waals surface area contributed by atoms with Crippen LogP contribution in [-0.2, 0) is 6.18 Å². The molecule has 1 aromatic carbocycles. The van der Waals surface area contributed by atoms with Crippen LogP contribution in [0.5, 0.6) is 5.75 Å². The highest BCUT2D eigenvalue weighted by molar-refractivity contribution is 5.49. The molecule has 0 spiro atoms. The van der Waals surface area contributed by atoms with Gasteiger partial charge in [0.2, 0.25) is 0 Å². The van der Waals surface area contributed by atoms with E-state index in [0.717, 1.165) is 18.9 Å². The number of rotatable bonds is 4. The molecule has 0 bridgehead atoms. The lowest BCUT2D eigenvalue weighted by molar-refractivity contribution is -0.139. The molecule has 3 nitrogen and oxygen atoms in total. The molecule has 1 aliphatic carbocycles. The maximum absolute atomic E-state index is 12.8. The minimum absolute atomic E-state index is 0.0397.